The Balaban J connectivity index is 0. The molecular weight excluding hydrogens is 297 g/mol. The first-order valence-corrected chi connectivity index (χ1v) is 7.38. The molecule has 122 valence electrons. The quantitative estimate of drug-likeness (QED) is 0.752. The predicted octanol–water partition coefficient (Wildman–Crippen LogP) is 2.07. The van der Waals surface area contributed by atoms with Crippen molar-refractivity contribution in [3.8, 4) is 0 Å². The third kappa shape index (κ3) is 9.01. The second-order valence-electron chi connectivity index (χ2n) is 5.35. The van der Waals surface area contributed by atoms with E-state index in [0.29, 0.717) is 12.3 Å². The number of hydrogen-bond donors (Lipinski definition) is 2. The van der Waals surface area contributed by atoms with E-state index in [1.807, 2.05) is 0 Å². The van der Waals surface area contributed by atoms with E-state index in [9.17, 15) is 4.79 Å². The van der Waals surface area contributed by atoms with Crippen LogP contribution in [-0.2, 0) is 4.79 Å². The van der Waals surface area contributed by atoms with Crippen LogP contribution in [0.2, 0.25) is 0 Å². The minimum Gasteiger partial charge on any atom is -0.352 e. The Morgan fingerprint density at radius 1 is 1.25 bits per heavy atom. The molecule has 1 heterocycles. The van der Waals surface area contributed by atoms with Gasteiger partial charge in [0.2, 0.25) is 5.91 Å². The minimum absolute atomic E-state index is 0. The van der Waals surface area contributed by atoms with Gasteiger partial charge in [-0.05, 0) is 51.9 Å². The van der Waals surface area contributed by atoms with Crippen LogP contribution < -0.4 is 10.6 Å². The molecule has 20 heavy (non-hydrogen) atoms. The number of rotatable bonds is 7. The number of nitrogens with one attached hydrogen (secondary N) is 2. The summed E-state index contributed by atoms with van der Waals surface area (Å²) in [4.78, 5) is 14.3. The molecule has 0 aromatic carbocycles. The van der Waals surface area contributed by atoms with Crippen LogP contribution in [0.5, 0.6) is 0 Å². The van der Waals surface area contributed by atoms with Gasteiger partial charge in [-0.2, -0.15) is 0 Å². The molecule has 0 radical (unpaired) electrons. The largest absolute Gasteiger partial charge is 0.352 e. The molecule has 0 saturated carbocycles. The molecule has 0 aromatic heterocycles. The number of carbonyl (C=O) groups is 1. The lowest BCUT2D eigenvalue weighted by Crippen LogP contribution is -2.42. The van der Waals surface area contributed by atoms with Gasteiger partial charge in [0, 0.05) is 19.0 Å². The van der Waals surface area contributed by atoms with Gasteiger partial charge < -0.3 is 15.5 Å². The number of piperidine rings is 1. The van der Waals surface area contributed by atoms with Crippen molar-refractivity contribution >= 4 is 30.7 Å². The Bertz CT molecular complexity index is 245. The zero-order valence-corrected chi connectivity index (χ0v) is 14.6. The van der Waals surface area contributed by atoms with Crippen molar-refractivity contribution in [2.45, 2.75) is 46.1 Å². The molecule has 1 aliphatic heterocycles. The van der Waals surface area contributed by atoms with Gasteiger partial charge in [-0.3, -0.25) is 4.79 Å². The van der Waals surface area contributed by atoms with Crippen LogP contribution >= 0.6 is 24.8 Å². The zero-order chi connectivity index (χ0) is 13.4. The van der Waals surface area contributed by atoms with Crippen molar-refractivity contribution in [3.63, 3.8) is 0 Å². The molecule has 0 spiro atoms. The zero-order valence-electron chi connectivity index (χ0n) is 13.0. The highest BCUT2D eigenvalue weighted by Crippen LogP contribution is 2.15. The van der Waals surface area contributed by atoms with E-state index in [1.165, 1.54) is 0 Å². The van der Waals surface area contributed by atoms with E-state index < -0.39 is 0 Å². The van der Waals surface area contributed by atoms with E-state index in [1.54, 1.807) is 0 Å². The summed E-state index contributed by atoms with van der Waals surface area (Å²) >= 11 is 0. The maximum atomic E-state index is 11.9. The molecule has 0 bridgehead atoms. The fourth-order valence-corrected chi connectivity index (χ4v) is 2.60. The van der Waals surface area contributed by atoms with Gasteiger partial charge >= 0.3 is 0 Å². The molecule has 0 aromatic rings. The topological polar surface area (TPSA) is 44.4 Å². The van der Waals surface area contributed by atoms with Crippen LogP contribution in [0, 0.1) is 5.92 Å². The Morgan fingerprint density at radius 2 is 1.80 bits per heavy atom. The Kier molecular flexibility index (Phi) is 14.1. The molecule has 1 atom stereocenters. The molecule has 1 fully saturated rings. The van der Waals surface area contributed by atoms with Gasteiger partial charge in [-0.25, -0.2) is 0 Å². The van der Waals surface area contributed by atoms with Crippen molar-refractivity contribution in [1.82, 2.24) is 15.5 Å². The highest BCUT2D eigenvalue weighted by molar-refractivity contribution is 5.85. The third-order valence-corrected chi connectivity index (χ3v) is 3.77. The standard InChI is InChI=1S/C14H29N3O.2ClH/c1-4-17(5-2)11-12(3)16-14(18)10-13-6-8-15-9-7-13;;/h12-13,15H,4-11H2,1-3H3,(H,16,18);2*1H. The molecule has 1 aliphatic rings. The molecule has 4 nitrogen and oxygen atoms in total. The molecular formula is C14H31Cl2N3O. The lowest BCUT2D eigenvalue weighted by molar-refractivity contribution is -0.122. The number of amides is 1. The molecule has 1 unspecified atom stereocenters. The summed E-state index contributed by atoms with van der Waals surface area (Å²) in [5, 5.41) is 6.46. The summed E-state index contributed by atoms with van der Waals surface area (Å²) < 4.78 is 0. The van der Waals surface area contributed by atoms with Crippen LogP contribution in [-0.4, -0.2) is 49.6 Å². The van der Waals surface area contributed by atoms with Crippen LogP contribution in [0.1, 0.15) is 40.0 Å². The van der Waals surface area contributed by atoms with E-state index >= 15 is 0 Å². The van der Waals surface area contributed by atoms with E-state index in [0.717, 1.165) is 45.6 Å². The fourth-order valence-electron chi connectivity index (χ4n) is 2.60. The lowest BCUT2D eigenvalue weighted by atomic mass is 9.94. The Hall–Kier alpha value is -0.0300. The summed E-state index contributed by atoms with van der Waals surface area (Å²) in [6.07, 6.45) is 2.97. The monoisotopic (exact) mass is 327 g/mol. The van der Waals surface area contributed by atoms with E-state index in [-0.39, 0.29) is 36.8 Å². The second kappa shape index (κ2) is 12.7. The smallest absolute Gasteiger partial charge is 0.220 e. The Morgan fingerprint density at radius 3 is 2.30 bits per heavy atom. The summed E-state index contributed by atoms with van der Waals surface area (Å²) in [7, 11) is 0. The van der Waals surface area contributed by atoms with Crippen molar-refractivity contribution in [2.24, 2.45) is 5.92 Å². The van der Waals surface area contributed by atoms with Crippen molar-refractivity contribution in [1.29, 1.82) is 0 Å². The third-order valence-electron chi connectivity index (χ3n) is 3.77. The number of halogens is 2. The number of hydrogen-bond acceptors (Lipinski definition) is 3. The maximum absolute atomic E-state index is 11.9. The molecule has 1 amide bonds. The first kappa shape index (κ1) is 22.3. The van der Waals surface area contributed by atoms with Gasteiger partial charge in [-0.15, -0.1) is 24.8 Å². The maximum Gasteiger partial charge on any atom is 0.220 e. The summed E-state index contributed by atoms with van der Waals surface area (Å²) in [5.74, 6) is 0.799. The first-order chi connectivity index (χ1) is 8.65. The number of nitrogens with zero attached hydrogens (tertiary/aromatic N) is 1. The van der Waals surface area contributed by atoms with Gasteiger partial charge in [0.25, 0.3) is 0 Å². The van der Waals surface area contributed by atoms with E-state index in [4.69, 9.17) is 0 Å². The van der Waals surface area contributed by atoms with E-state index in [2.05, 4.69) is 36.3 Å². The van der Waals surface area contributed by atoms with Crippen molar-refractivity contribution in [2.75, 3.05) is 32.7 Å². The molecule has 1 rings (SSSR count). The van der Waals surface area contributed by atoms with Crippen LogP contribution in [0.3, 0.4) is 0 Å². The molecule has 0 aliphatic carbocycles. The number of carbonyl (C=O) groups excluding carboxylic acids is 1. The number of likely N-dealkylation sites (N-methyl/N-ethyl adjacent to an activating group) is 1. The van der Waals surface area contributed by atoms with Gasteiger partial charge in [0.1, 0.15) is 0 Å². The van der Waals surface area contributed by atoms with Gasteiger partial charge in [-0.1, -0.05) is 13.8 Å². The SMILES string of the molecule is CCN(CC)CC(C)NC(=O)CC1CCNCC1.Cl.Cl. The fraction of sp³-hybridized carbons (Fsp3) is 0.929. The van der Waals surface area contributed by atoms with Crippen LogP contribution in [0.4, 0.5) is 0 Å². The average molecular weight is 328 g/mol. The summed E-state index contributed by atoms with van der Waals surface area (Å²) in [5.41, 5.74) is 0. The average Bonchev–Trinajstić information content (AvgIpc) is 2.36. The molecule has 2 N–H and O–H groups in total. The lowest BCUT2D eigenvalue weighted by Gasteiger charge is -2.25. The predicted molar refractivity (Wildman–Crippen MR) is 90.1 cm³/mol. The summed E-state index contributed by atoms with van der Waals surface area (Å²) in [6, 6.07) is 0.249. The minimum atomic E-state index is 0. The van der Waals surface area contributed by atoms with Gasteiger partial charge in [0.15, 0.2) is 0 Å². The van der Waals surface area contributed by atoms with Crippen molar-refractivity contribution < 1.29 is 4.79 Å². The highest BCUT2D eigenvalue weighted by Gasteiger charge is 2.18. The Labute approximate surface area is 136 Å². The molecule has 1 saturated heterocycles. The highest BCUT2D eigenvalue weighted by atomic mass is 35.5. The van der Waals surface area contributed by atoms with Crippen molar-refractivity contribution in [3.05, 3.63) is 0 Å². The molecule has 6 heteroatoms. The van der Waals surface area contributed by atoms with Gasteiger partial charge in [0.05, 0.1) is 0 Å². The van der Waals surface area contributed by atoms with Crippen LogP contribution in [0.15, 0.2) is 0 Å². The summed E-state index contributed by atoms with van der Waals surface area (Å²) in [6.45, 7) is 11.6. The normalized spacial score (nSPS) is 17.0. The first-order valence-electron chi connectivity index (χ1n) is 7.38. The second-order valence-corrected chi connectivity index (χ2v) is 5.35. The van der Waals surface area contributed by atoms with Crippen LogP contribution in [0.25, 0.3) is 0 Å².